The maximum absolute atomic E-state index is 11.7. The average molecular weight is 303 g/mol. The van der Waals surface area contributed by atoms with E-state index >= 15 is 0 Å². The van der Waals surface area contributed by atoms with Crippen LogP contribution in [0.5, 0.6) is 0 Å². The van der Waals surface area contributed by atoms with Crippen molar-refractivity contribution in [1.29, 1.82) is 0 Å². The van der Waals surface area contributed by atoms with Crippen LogP contribution in [0.25, 0.3) is 0 Å². The Morgan fingerprint density at radius 3 is 2.53 bits per heavy atom. The molecule has 1 rings (SSSR count). The van der Waals surface area contributed by atoms with Gasteiger partial charge in [-0.2, -0.15) is 11.8 Å². The Labute approximate surface area is 126 Å². The van der Waals surface area contributed by atoms with Crippen LogP contribution in [0.15, 0.2) is 24.3 Å². The summed E-state index contributed by atoms with van der Waals surface area (Å²) in [5.74, 6) is 1.02. The highest BCUT2D eigenvalue weighted by Gasteiger charge is 2.11. The predicted molar refractivity (Wildman–Crippen MR) is 87.3 cm³/mol. The Morgan fingerprint density at radius 1 is 1.37 bits per heavy atom. The van der Waals surface area contributed by atoms with E-state index in [0.717, 1.165) is 30.7 Å². The summed E-state index contributed by atoms with van der Waals surface area (Å²) < 4.78 is 0. The summed E-state index contributed by atoms with van der Waals surface area (Å²) in [6.07, 6.45) is 4.80. The smallest absolute Gasteiger partial charge is 0.241 e. The first-order valence-corrected chi connectivity index (χ1v) is 7.71. The predicted octanol–water partition coefficient (Wildman–Crippen LogP) is 3.08. The number of benzene rings is 1. The fraction of sp³-hybridized carbons (Fsp3) is 0.500. The highest BCUT2D eigenvalue weighted by Crippen LogP contribution is 2.12. The van der Waals surface area contributed by atoms with Crippen LogP contribution in [0.1, 0.15) is 25.3 Å². The minimum Gasteiger partial charge on any atom is -0.325 e. The van der Waals surface area contributed by atoms with Gasteiger partial charge in [-0.1, -0.05) is 25.5 Å². The zero-order chi connectivity index (χ0) is 13.4. The van der Waals surface area contributed by atoms with E-state index in [1.165, 1.54) is 5.56 Å². The van der Waals surface area contributed by atoms with Gasteiger partial charge in [-0.15, -0.1) is 12.4 Å². The van der Waals surface area contributed by atoms with Gasteiger partial charge in [0, 0.05) is 5.69 Å². The molecule has 0 radical (unpaired) electrons. The summed E-state index contributed by atoms with van der Waals surface area (Å²) in [4.78, 5) is 11.7. The normalized spacial score (nSPS) is 11.5. The molecule has 0 aliphatic carbocycles. The molecule has 0 heterocycles. The third-order valence-electron chi connectivity index (χ3n) is 2.75. The van der Waals surface area contributed by atoms with E-state index in [1.54, 1.807) is 0 Å². The number of hydrogen-bond acceptors (Lipinski definition) is 3. The molecule has 3 nitrogen and oxygen atoms in total. The maximum Gasteiger partial charge on any atom is 0.241 e. The van der Waals surface area contributed by atoms with Gasteiger partial charge >= 0.3 is 0 Å². The van der Waals surface area contributed by atoms with Gasteiger partial charge < -0.3 is 11.1 Å². The number of nitrogens with two attached hydrogens (primary N) is 1. The number of amides is 1. The summed E-state index contributed by atoms with van der Waals surface area (Å²) in [6.45, 7) is 2.02. The van der Waals surface area contributed by atoms with Crippen molar-refractivity contribution in [3.05, 3.63) is 29.8 Å². The Balaban J connectivity index is 0.00000324. The quantitative estimate of drug-likeness (QED) is 0.814. The number of anilines is 1. The Hall–Kier alpha value is -0.710. The highest BCUT2D eigenvalue weighted by atomic mass is 35.5. The second kappa shape index (κ2) is 10.1. The lowest BCUT2D eigenvalue weighted by Gasteiger charge is -2.11. The number of rotatable bonds is 7. The molecule has 0 bridgehead atoms. The van der Waals surface area contributed by atoms with E-state index in [4.69, 9.17) is 5.73 Å². The third-order valence-corrected chi connectivity index (χ3v) is 3.37. The molecule has 1 unspecified atom stereocenters. The monoisotopic (exact) mass is 302 g/mol. The zero-order valence-electron chi connectivity index (χ0n) is 11.5. The molecule has 0 saturated carbocycles. The van der Waals surface area contributed by atoms with E-state index in [1.807, 2.05) is 30.8 Å². The molecule has 19 heavy (non-hydrogen) atoms. The minimum absolute atomic E-state index is 0. The summed E-state index contributed by atoms with van der Waals surface area (Å²) >= 11 is 1.83. The van der Waals surface area contributed by atoms with Crippen molar-refractivity contribution in [2.75, 3.05) is 17.3 Å². The first-order chi connectivity index (χ1) is 8.67. The maximum atomic E-state index is 11.7. The van der Waals surface area contributed by atoms with Crippen molar-refractivity contribution in [3.63, 3.8) is 0 Å². The topological polar surface area (TPSA) is 55.1 Å². The molecule has 0 aliphatic heterocycles. The van der Waals surface area contributed by atoms with Gasteiger partial charge in [-0.3, -0.25) is 4.79 Å². The molecule has 0 aliphatic rings. The third kappa shape index (κ3) is 6.85. The van der Waals surface area contributed by atoms with Crippen LogP contribution in [0, 0.1) is 0 Å². The molecule has 1 amide bonds. The second-order valence-corrected chi connectivity index (χ2v) is 5.31. The van der Waals surface area contributed by atoms with E-state index in [9.17, 15) is 4.79 Å². The number of carbonyl (C=O) groups excluding carboxylic acids is 1. The molecule has 0 aromatic heterocycles. The molecule has 5 heteroatoms. The van der Waals surface area contributed by atoms with E-state index in [-0.39, 0.29) is 18.3 Å². The molecular formula is C14H23ClN2OS. The molecular weight excluding hydrogens is 280 g/mol. The lowest BCUT2D eigenvalue weighted by Crippen LogP contribution is -2.35. The number of thioether (sulfide) groups is 1. The van der Waals surface area contributed by atoms with Crippen molar-refractivity contribution < 1.29 is 4.79 Å². The first-order valence-electron chi connectivity index (χ1n) is 6.31. The van der Waals surface area contributed by atoms with Crippen molar-refractivity contribution in [1.82, 2.24) is 0 Å². The van der Waals surface area contributed by atoms with Crippen LogP contribution < -0.4 is 11.1 Å². The van der Waals surface area contributed by atoms with Crippen molar-refractivity contribution in [2.24, 2.45) is 5.73 Å². The number of aryl methyl sites for hydroxylation is 1. The minimum atomic E-state index is -0.411. The summed E-state index contributed by atoms with van der Waals surface area (Å²) in [7, 11) is 0. The fourth-order valence-electron chi connectivity index (χ4n) is 1.65. The van der Waals surface area contributed by atoms with Gasteiger partial charge in [-0.25, -0.2) is 0 Å². The van der Waals surface area contributed by atoms with E-state index in [2.05, 4.69) is 23.7 Å². The van der Waals surface area contributed by atoms with Gasteiger partial charge in [0.05, 0.1) is 6.04 Å². The summed E-state index contributed by atoms with van der Waals surface area (Å²) in [6, 6.07) is 7.57. The van der Waals surface area contributed by atoms with Crippen LogP contribution in [0.4, 0.5) is 5.69 Å². The lowest BCUT2D eigenvalue weighted by molar-refractivity contribution is -0.117. The molecule has 108 valence electrons. The number of halogens is 1. The Bertz CT molecular complexity index is 370. The Kier molecular flexibility index (Phi) is 9.74. The van der Waals surface area contributed by atoms with Crippen LogP contribution in [-0.2, 0) is 11.2 Å². The van der Waals surface area contributed by atoms with Crippen molar-refractivity contribution in [3.8, 4) is 0 Å². The molecule has 0 spiro atoms. The molecule has 1 atom stereocenters. The van der Waals surface area contributed by atoms with E-state index in [0.29, 0.717) is 0 Å². The SMILES string of the molecule is CCCC(N)C(=O)Nc1ccc(CCSC)cc1.Cl. The molecule has 0 saturated heterocycles. The van der Waals surface area contributed by atoms with Gasteiger partial charge in [0.1, 0.15) is 0 Å². The van der Waals surface area contributed by atoms with Gasteiger partial charge in [0.25, 0.3) is 0 Å². The van der Waals surface area contributed by atoms with Crippen molar-refractivity contribution in [2.45, 2.75) is 32.2 Å². The largest absolute Gasteiger partial charge is 0.325 e. The molecule has 1 aromatic rings. The average Bonchev–Trinajstić information content (AvgIpc) is 2.38. The number of carbonyl (C=O) groups is 1. The van der Waals surface area contributed by atoms with Crippen molar-refractivity contribution >= 4 is 35.8 Å². The second-order valence-electron chi connectivity index (χ2n) is 4.32. The van der Waals surface area contributed by atoms with Crippen LogP contribution in [0.2, 0.25) is 0 Å². The summed E-state index contributed by atoms with van der Waals surface area (Å²) in [5.41, 5.74) is 7.87. The van der Waals surface area contributed by atoms with Gasteiger partial charge in [0.15, 0.2) is 0 Å². The van der Waals surface area contributed by atoms with Gasteiger partial charge in [0.2, 0.25) is 5.91 Å². The lowest BCUT2D eigenvalue weighted by atomic mass is 10.1. The standard InChI is InChI=1S/C14H22N2OS.ClH/c1-3-4-13(15)14(17)16-12-7-5-11(6-8-12)9-10-18-2;/h5-8,13H,3-4,9-10,15H2,1-2H3,(H,16,17);1H. The zero-order valence-corrected chi connectivity index (χ0v) is 13.2. The molecule has 3 N–H and O–H groups in total. The molecule has 0 fully saturated rings. The fourth-order valence-corrected chi connectivity index (χ4v) is 2.09. The molecule has 1 aromatic carbocycles. The Morgan fingerprint density at radius 2 is 2.00 bits per heavy atom. The number of hydrogen-bond donors (Lipinski definition) is 2. The number of nitrogens with one attached hydrogen (secondary N) is 1. The van der Waals surface area contributed by atoms with Crippen LogP contribution in [0.3, 0.4) is 0 Å². The van der Waals surface area contributed by atoms with Gasteiger partial charge in [-0.05, 0) is 42.5 Å². The van der Waals surface area contributed by atoms with Crippen LogP contribution in [-0.4, -0.2) is 24.0 Å². The summed E-state index contributed by atoms with van der Waals surface area (Å²) in [5, 5.41) is 2.84. The van der Waals surface area contributed by atoms with E-state index < -0.39 is 6.04 Å². The highest BCUT2D eigenvalue weighted by molar-refractivity contribution is 7.98. The van der Waals surface area contributed by atoms with Crippen LogP contribution >= 0.6 is 24.2 Å². The first kappa shape index (κ1) is 18.3.